The predicted octanol–water partition coefficient (Wildman–Crippen LogP) is 3.99. The standard InChI is InChI=1S/C17H14N2OS/c20-16(19-17-18-10-11-21-17)12-13-6-8-15(9-7-13)14-4-2-1-3-5-14/h1-11H,12H2,(H,18,19,20). The van der Waals surface area contributed by atoms with Crippen molar-refractivity contribution in [2.24, 2.45) is 0 Å². The van der Waals surface area contributed by atoms with Crippen molar-refractivity contribution in [2.75, 3.05) is 5.32 Å². The van der Waals surface area contributed by atoms with Crippen LogP contribution in [0.25, 0.3) is 11.1 Å². The largest absolute Gasteiger partial charge is 0.302 e. The molecule has 21 heavy (non-hydrogen) atoms. The minimum atomic E-state index is -0.0441. The molecule has 1 aromatic heterocycles. The van der Waals surface area contributed by atoms with Crippen molar-refractivity contribution in [3.63, 3.8) is 0 Å². The number of hydrogen-bond acceptors (Lipinski definition) is 3. The summed E-state index contributed by atoms with van der Waals surface area (Å²) < 4.78 is 0. The lowest BCUT2D eigenvalue weighted by Crippen LogP contribution is -2.14. The topological polar surface area (TPSA) is 42.0 Å². The van der Waals surface area contributed by atoms with Crippen LogP contribution in [0.1, 0.15) is 5.56 Å². The Morgan fingerprint density at radius 1 is 1.00 bits per heavy atom. The molecule has 3 nitrogen and oxygen atoms in total. The number of nitrogens with one attached hydrogen (secondary N) is 1. The van der Waals surface area contributed by atoms with Crippen molar-refractivity contribution in [1.82, 2.24) is 4.98 Å². The quantitative estimate of drug-likeness (QED) is 0.790. The molecule has 0 fully saturated rings. The molecule has 1 amide bonds. The van der Waals surface area contributed by atoms with Crippen LogP contribution in [0.4, 0.5) is 5.13 Å². The first-order chi connectivity index (χ1) is 10.3. The van der Waals surface area contributed by atoms with E-state index >= 15 is 0 Å². The molecule has 0 atom stereocenters. The fourth-order valence-electron chi connectivity index (χ4n) is 2.08. The summed E-state index contributed by atoms with van der Waals surface area (Å²) in [6.45, 7) is 0. The molecule has 0 radical (unpaired) electrons. The van der Waals surface area contributed by atoms with Crippen LogP contribution in [0, 0.1) is 0 Å². The molecule has 0 unspecified atom stereocenters. The minimum Gasteiger partial charge on any atom is -0.302 e. The van der Waals surface area contributed by atoms with Crippen molar-refractivity contribution in [3.05, 3.63) is 71.7 Å². The predicted molar refractivity (Wildman–Crippen MR) is 86.3 cm³/mol. The van der Waals surface area contributed by atoms with E-state index in [1.807, 2.05) is 47.8 Å². The number of rotatable bonds is 4. The van der Waals surface area contributed by atoms with Gasteiger partial charge in [-0.3, -0.25) is 4.79 Å². The third-order valence-electron chi connectivity index (χ3n) is 3.10. The summed E-state index contributed by atoms with van der Waals surface area (Å²) in [6.07, 6.45) is 2.03. The van der Waals surface area contributed by atoms with Crippen LogP contribution in [0.3, 0.4) is 0 Å². The van der Waals surface area contributed by atoms with E-state index in [1.54, 1.807) is 6.20 Å². The summed E-state index contributed by atoms with van der Waals surface area (Å²) in [5.74, 6) is -0.0441. The summed E-state index contributed by atoms with van der Waals surface area (Å²) in [6, 6.07) is 18.3. The van der Waals surface area contributed by atoms with Crippen molar-refractivity contribution in [2.45, 2.75) is 6.42 Å². The van der Waals surface area contributed by atoms with Crippen LogP contribution in [0.2, 0.25) is 0 Å². The maximum absolute atomic E-state index is 11.9. The van der Waals surface area contributed by atoms with E-state index < -0.39 is 0 Å². The van der Waals surface area contributed by atoms with Crippen LogP contribution in [0.15, 0.2) is 66.2 Å². The molecule has 4 heteroatoms. The Kier molecular flexibility index (Phi) is 4.07. The Bertz CT molecular complexity index is 706. The monoisotopic (exact) mass is 294 g/mol. The zero-order chi connectivity index (χ0) is 14.5. The molecule has 104 valence electrons. The van der Waals surface area contributed by atoms with Gasteiger partial charge in [-0.1, -0.05) is 54.6 Å². The molecule has 1 heterocycles. The molecule has 0 aliphatic carbocycles. The average molecular weight is 294 g/mol. The van der Waals surface area contributed by atoms with Gasteiger partial charge in [0.1, 0.15) is 0 Å². The zero-order valence-corrected chi connectivity index (χ0v) is 12.1. The lowest BCUT2D eigenvalue weighted by molar-refractivity contribution is -0.115. The molecule has 3 aromatic rings. The van der Waals surface area contributed by atoms with Crippen molar-refractivity contribution >= 4 is 22.4 Å². The lowest BCUT2D eigenvalue weighted by atomic mass is 10.0. The van der Waals surface area contributed by atoms with Crippen molar-refractivity contribution in [1.29, 1.82) is 0 Å². The molecule has 0 saturated heterocycles. The second-order valence-electron chi connectivity index (χ2n) is 4.63. The summed E-state index contributed by atoms with van der Waals surface area (Å²) in [7, 11) is 0. The molecule has 0 bridgehead atoms. The van der Waals surface area contributed by atoms with Crippen LogP contribution >= 0.6 is 11.3 Å². The van der Waals surface area contributed by atoms with Crippen LogP contribution < -0.4 is 5.32 Å². The van der Waals surface area contributed by atoms with E-state index in [-0.39, 0.29) is 5.91 Å². The Morgan fingerprint density at radius 2 is 1.71 bits per heavy atom. The van der Waals surface area contributed by atoms with Crippen LogP contribution in [-0.4, -0.2) is 10.9 Å². The third-order valence-corrected chi connectivity index (χ3v) is 3.79. The van der Waals surface area contributed by atoms with Gasteiger partial charge in [0.15, 0.2) is 5.13 Å². The Balaban J connectivity index is 1.66. The summed E-state index contributed by atoms with van der Waals surface area (Å²) in [5.41, 5.74) is 3.32. The van der Waals surface area contributed by atoms with Gasteiger partial charge in [-0.2, -0.15) is 0 Å². The summed E-state index contributed by atoms with van der Waals surface area (Å²) >= 11 is 1.42. The molecular formula is C17H14N2OS. The number of carbonyl (C=O) groups is 1. The molecule has 3 rings (SSSR count). The van der Waals surface area contributed by atoms with Gasteiger partial charge in [-0.05, 0) is 16.7 Å². The van der Waals surface area contributed by atoms with Gasteiger partial charge in [0.25, 0.3) is 0 Å². The third kappa shape index (κ3) is 3.55. The zero-order valence-electron chi connectivity index (χ0n) is 11.3. The lowest BCUT2D eigenvalue weighted by Gasteiger charge is -2.05. The van der Waals surface area contributed by atoms with Gasteiger partial charge >= 0.3 is 0 Å². The number of amides is 1. The van der Waals surface area contributed by atoms with E-state index in [0.717, 1.165) is 11.1 Å². The van der Waals surface area contributed by atoms with E-state index in [9.17, 15) is 4.79 Å². The van der Waals surface area contributed by atoms with Gasteiger partial charge in [0.2, 0.25) is 5.91 Å². The van der Waals surface area contributed by atoms with Gasteiger partial charge < -0.3 is 5.32 Å². The Hall–Kier alpha value is -2.46. The number of carbonyl (C=O) groups excluding carboxylic acids is 1. The molecule has 0 aliphatic rings. The smallest absolute Gasteiger partial charge is 0.230 e. The molecule has 0 saturated carbocycles. The summed E-state index contributed by atoms with van der Waals surface area (Å²) in [4.78, 5) is 15.9. The number of nitrogens with zero attached hydrogens (tertiary/aromatic N) is 1. The number of aromatic nitrogens is 1. The average Bonchev–Trinajstić information content (AvgIpc) is 3.02. The highest BCUT2D eigenvalue weighted by molar-refractivity contribution is 7.13. The summed E-state index contributed by atoms with van der Waals surface area (Å²) in [5, 5.41) is 5.26. The molecule has 0 aliphatic heterocycles. The number of anilines is 1. The highest BCUT2D eigenvalue weighted by Gasteiger charge is 2.06. The molecule has 1 N–H and O–H groups in total. The fourth-order valence-corrected chi connectivity index (χ4v) is 2.62. The van der Waals surface area contributed by atoms with Gasteiger partial charge in [-0.25, -0.2) is 4.98 Å². The van der Waals surface area contributed by atoms with Crippen LogP contribution in [-0.2, 0) is 11.2 Å². The Morgan fingerprint density at radius 3 is 2.38 bits per heavy atom. The van der Waals surface area contributed by atoms with Crippen molar-refractivity contribution < 1.29 is 4.79 Å². The normalized spacial score (nSPS) is 10.3. The maximum Gasteiger partial charge on any atom is 0.230 e. The minimum absolute atomic E-state index is 0.0441. The fraction of sp³-hybridized carbons (Fsp3) is 0.0588. The van der Waals surface area contributed by atoms with Gasteiger partial charge in [0, 0.05) is 11.6 Å². The maximum atomic E-state index is 11.9. The molecule has 2 aromatic carbocycles. The SMILES string of the molecule is O=C(Cc1ccc(-c2ccccc2)cc1)Nc1nccs1. The molecular weight excluding hydrogens is 280 g/mol. The van der Waals surface area contributed by atoms with E-state index in [0.29, 0.717) is 11.6 Å². The van der Waals surface area contributed by atoms with Crippen LogP contribution in [0.5, 0.6) is 0 Å². The first-order valence-corrected chi connectivity index (χ1v) is 7.53. The van der Waals surface area contributed by atoms with Gasteiger partial charge in [0.05, 0.1) is 6.42 Å². The van der Waals surface area contributed by atoms with E-state index in [1.165, 1.54) is 16.9 Å². The highest BCUT2D eigenvalue weighted by atomic mass is 32.1. The van der Waals surface area contributed by atoms with E-state index in [4.69, 9.17) is 0 Å². The van der Waals surface area contributed by atoms with E-state index in [2.05, 4.69) is 22.4 Å². The Labute approximate surface area is 127 Å². The number of thiazole rings is 1. The van der Waals surface area contributed by atoms with Gasteiger partial charge in [-0.15, -0.1) is 11.3 Å². The molecule has 0 spiro atoms. The second-order valence-corrected chi connectivity index (χ2v) is 5.52. The van der Waals surface area contributed by atoms with Crippen molar-refractivity contribution in [3.8, 4) is 11.1 Å². The highest BCUT2D eigenvalue weighted by Crippen LogP contribution is 2.19. The first-order valence-electron chi connectivity index (χ1n) is 6.65. The number of benzene rings is 2. The number of hydrogen-bond donors (Lipinski definition) is 1. The second kappa shape index (κ2) is 6.33. The first kappa shape index (κ1) is 13.5.